The van der Waals surface area contributed by atoms with Crippen molar-refractivity contribution in [2.75, 3.05) is 23.9 Å². The van der Waals surface area contributed by atoms with E-state index in [0.717, 1.165) is 29.5 Å². The Morgan fingerprint density at radius 3 is 2.83 bits per heavy atom. The average Bonchev–Trinajstić information content (AvgIpc) is 3.30. The minimum atomic E-state index is -0.377. The topological polar surface area (TPSA) is 107 Å². The fraction of sp³-hybridized carbons (Fsp3) is 0.259. The fourth-order valence-corrected chi connectivity index (χ4v) is 4.22. The number of rotatable bonds is 6. The van der Waals surface area contributed by atoms with Crippen LogP contribution < -0.4 is 19.7 Å². The Morgan fingerprint density at radius 1 is 1.19 bits per heavy atom. The van der Waals surface area contributed by atoms with E-state index in [2.05, 4.69) is 15.3 Å². The largest absolute Gasteiger partial charge is 0.497 e. The van der Waals surface area contributed by atoms with Gasteiger partial charge in [-0.1, -0.05) is 6.07 Å². The molecule has 0 saturated carbocycles. The van der Waals surface area contributed by atoms with Gasteiger partial charge in [-0.25, -0.2) is 14.8 Å². The van der Waals surface area contributed by atoms with Gasteiger partial charge < -0.3 is 13.9 Å². The predicted octanol–water partition coefficient (Wildman–Crippen LogP) is 5.48. The van der Waals surface area contributed by atoms with Crippen LogP contribution in [0.4, 0.5) is 16.4 Å². The van der Waals surface area contributed by atoms with Crippen LogP contribution in [-0.2, 0) is 6.42 Å². The normalized spacial score (nSPS) is 12.9. The molecule has 3 aromatic heterocycles. The van der Waals surface area contributed by atoms with Crippen molar-refractivity contribution in [2.45, 2.75) is 32.8 Å². The van der Waals surface area contributed by atoms with Gasteiger partial charge in [-0.2, -0.15) is 0 Å². The third-order valence-electron chi connectivity index (χ3n) is 5.88. The van der Waals surface area contributed by atoms with E-state index in [1.54, 1.807) is 25.4 Å². The molecule has 0 saturated heterocycles. The number of methoxy groups -OCH3 is 1. The second-order valence-corrected chi connectivity index (χ2v) is 8.77. The number of fused-ring (bicyclic) bond motifs is 2. The summed E-state index contributed by atoms with van der Waals surface area (Å²) < 4.78 is 17.4. The molecule has 9 heteroatoms. The van der Waals surface area contributed by atoms with Gasteiger partial charge in [0, 0.05) is 24.2 Å². The van der Waals surface area contributed by atoms with E-state index in [1.165, 1.54) is 4.90 Å². The standard InChI is InChI=1S/C27H26N4O5/c1-16(2)35-24-13-25(28-14-21(24)23-12-18-11-20(34-3)8-9-22(18)36-23)30-27(33)31-10-4-5-17-6-7-19(15-32)29-26(17)31/h6-9,11-16H,4-5,10H2,1-3H3,(H,28,30,33). The number of ether oxygens (including phenoxy) is 2. The molecule has 1 N–H and O–H groups in total. The number of benzene rings is 1. The van der Waals surface area contributed by atoms with Crippen molar-refractivity contribution in [3.8, 4) is 22.8 Å². The van der Waals surface area contributed by atoms with Crippen LogP contribution in [0.2, 0.25) is 0 Å². The highest BCUT2D eigenvalue weighted by Crippen LogP contribution is 2.36. The first-order valence-corrected chi connectivity index (χ1v) is 11.7. The Morgan fingerprint density at radius 2 is 2.06 bits per heavy atom. The molecule has 9 nitrogen and oxygen atoms in total. The summed E-state index contributed by atoms with van der Waals surface area (Å²) in [7, 11) is 1.62. The lowest BCUT2D eigenvalue weighted by Crippen LogP contribution is -2.39. The third-order valence-corrected chi connectivity index (χ3v) is 5.88. The molecule has 0 atom stereocenters. The number of aryl methyl sites for hydroxylation is 1. The lowest BCUT2D eigenvalue weighted by molar-refractivity contribution is 0.111. The van der Waals surface area contributed by atoms with Crippen molar-refractivity contribution in [3.05, 3.63) is 59.9 Å². The van der Waals surface area contributed by atoms with Gasteiger partial charge in [-0.15, -0.1) is 0 Å². The zero-order valence-electron chi connectivity index (χ0n) is 20.3. The Kier molecular flexibility index (Phi) is 6.28. The van der Waals surface area contributed by atoms with Gasteiger partial charge >= 0.3 is 6.03 Å². The highest BCUT2D eigenvalue weighted by Gasteiger charge is 2.25. The Balaban J connectivity index is 1.45. The summed E-state index contributed by atoms with van der Waals surface area (Å²) in [6.07, 6.45) is 3.78. The molecule has 1 aromatic carbocycles. The van der Waals surface area contributed by atoms with Crippen molar-refractivity contribution in [1.82, 2.24) is 9.97 Å². The third kappa shape index (κ3) is 4.59. The number of carbonyl (C=O) groups excluding carboxylic acids is 2. The molecule has 4 aromatic rings. The number of hydrogen-bond donors (Lipinski definition) is 1. The van der Waals surface area contributed by atoms with Crippen LogP contribution in [0, 0.1) is 0 Å². The minimum Gasteiger partial charge on any atom is -0.497 e. The molecule has 0 aliphatic carbocycles. The Labute approximate surface area is 208 Å². The number of furan rings is 1. The number of carbonyl (C=O) groups is 2. The Hall–Kier alpha value is -4.40. The zero-order chi connectivity index (χ0) is 25.2. The van der Waals surface area contributed by atoms with Crippen LogP contribution in [0.25, 0.3) is 22.3 Å². The maximum atomic E-state index is 13.2. The second kappa shape index (κ2) is 9.69. The second-order valence-electron chi connectivity index (χ2n) is 8.77. The molecule has 184 valence electrons. The highest BCUT2D eigenvalue weighted by atomic mass is 16.5. The monoisotopic (exact) mass is 486 g/mol. The van der Waals surface area contributed by atoms with Crippen molar-refractivity contribution < 1.29 is 23.5 Å². The number of pyridine rings is 2. The molecule has 1 aliphatic rings. The molecule has 0 bridgehead atoms. The van der Waals surface area contributed by atoms with E-state index in [9.17, 15) is 9.59 Å². The number of anilines is 2. The van der Waals surface area contributed by atoms with E-state index in [0.29, 0.717) is 47.1 Å². The van der Waals surface area contributed by atoms with Crippen LogP contribution in [0.15, 0.2) is 53.1 Å². The molecule has 0 radical (unpaired) electrons. The van der Waals surface area contributed by atoms with Gasteiger partial charge in [-0.3, -0.25) is 15.0 Å². The van der Waals surface area contributed by atoms with Gasteiger partial charge in [0.25, 0.3) is 0 Å². The Bertz CT molecular complexity index is 1450. The van der Waals surface area contributed by atoms with Crippen molar-refractivity contribution in [3.63, 3.8) is 0 Å². The summed E-state index contributed by atoms with van der Waals surface area (Å²) in [5, 5.41) is 3.74. The lowest BCUT2D eigenvalue weighted by atomic mass is 10.1. The molecule has 0 spiro atoms. The summed E-state index contributed by atoms with van der Waals surface area (Å²) >= 11 is 0. The lowest BCUT2D eigenvalue weighted by Gasteiger charge is -2.28. The first-order valence-electron chi connectivity index (χ1n) is 11.7. The van der Waals surface area contributed by atoms with Crippen LogP contribution in [0.3, 0.4) is 0 Å². The number of urea groups is 1. The molecular formula is C27H26N4O5. The summed E-state index contributed by atoms with van der Waals surface area (Å²) in [6, 6.07) is 12.3. The summed E-state index contributed by atoms with van der Waals surface area (Å²) in [4.78, 5) is 34.7. The van der Waals surface area contributed by atoms with Gasteiger partial charge in [0.15, 0.2) is 6.29 Å². The zero-order valence-corrected chi connectivity index (χ0v) is 20.3. The van der Waals surface area contributed by atoms with Crippen LogP contribution >= 0.6 is 0 Å². The van der Waals surface area contributed by atoms with Crippen LogP contribution in [0.5, 0.6) is 11.5 Å². The summed E-state index contributed by atoms with van der Waals surface area (Å²) in [5.41, 5.74) is 2.59. The first kappa shape index (κ1) is 23.3. The van der Waals surface area contributed by atoms with Crippen molar-refractivity contribution in [1.29, 1.82) is 0 Å². The quantitative estimate of drug-likeness (QED) is 0.360. The van der Waals surface area contributed by atoms with Gasteiger partial charge in [0.1, 0.15) is 40.2 Å². The number of hydrogen-bond acceptors (Lipinski definition) is 7. The van der Waals surface area contributed by atoms with Crippen LogP contribution in [-0.4, -0.2) is 42.0 Å². The maximum Gasteiger partial charge on any atom is 0.328 e. The molecule has 5 rings (SSSR count). The number of aldehydes is 1. The van der Waals surface area contributed by atoms with E-state index in [-0.39, 0.29) is 17.8 Å². The van der Waals surface area contributed by atoms with E-state index in [4.69, 9.17) is 13.9 Å². The maximum absolute atomic E-state index is 13.2. The predicted molar refractivity (Wildman–Crippen MR) is 136 cm³/mol. The highest BCUT2D eigenvalue weighted by molar-refractivity contribution is 6.01. The number of nitrogens with one attached hydrogen (secondary N) is 1. The van der Waals surface area contributed by atoms with Crippen LogP contribution in [0.1, 0.15) is 36.3 Å². The van der Waals surface area contributed by atoms with E-state index >= 15 is 0 Å². The first-order chi connectivity index (χ1) is 17.4. The fourth-order valence-electron chi connectivity index (χ4n) is 4.22. The van der Waals surface area contributed by atoms with Gasteiger partial charge in [0.05, 0.1) is 18.8 Å². The van der Waals surface area contributed by atoms with Gasteiger partial charge in [-0.05, 0) is 62.6 Å². The number of nitrogens with zero attached hydrogens (tertiary/aromatic N) is 3. The van der Waals surface area contributed by atoms with Gasteiger partial charge in [0.2, 0.25) is 0 Å². The molecule has 0 unspecified atom stereocenters. The molecule has 1 aliphatic heterocycles. The SMILES string of the molecule is COc1ccc2oc(-c3cnc(NC(=O)N4CCCc5ccc(C=O)nc54)cc3OC(C)C)cc2c1. The number of amides is 2. The molecule has 36 heavy (non-hydrogen) atoms. The smallest absolute Gasteiger partial charge is 0.328 e. The number of aromatic nitrogens is 2. The van der Waals surface area contributed by atoms with Crippen molar-refractivity contribution in [2.24, 2.45) is 0 Å². The van der Waals surface area contributed by atoms with Crippen molar-refractivity contribution >= 4 is 34.9 Å². The summed E-state index contributed by atoms with van der Waals surface area (Å²) in [5.74, 6) is 2.68. The molecule has 2 amide bonds. The molecular weight excluding hydrogens is 460 g/mol. The average molecular weight is 487 g/mol. The molecule has 0 fully saturated rings. The van der Waals surface area contributed by atoms with E-state index < -0.39 is 0 Å². The molecule has 4 heterocycles. The summed E-state index contributed by atoms with van der Waals surface area (Å²) in [6.45, 7) is 4.34. The van der Waals surface area contributed by atoms with E-state index in [1.807, 2.05) is 44.2 Å². The minimum absolute atomic E-state index is 0.112.